The Kier molecular flexibility index (Phi) is 5.10. The third-order valence-electron chi connectivity index (χ3n) is 2.58. The van der Waals surface area contributed by atoms with Gasteiger partial charge in [-0.2, -0.15) is 0 Å². The van der Waals surface area contributed by atoms with Crippen LogP contribution in [0.3, 0.4) is 0 Å². The van der Waals surface area contributed by atoms with E-state index in [0.717, 1.165) is 25.7 Å². The number of hydrazine groups is 1. The van der Waals surface area contributed by atoms with Crippen LogP contribution in [0.15, 0.2) is 0 Å². The lowest BCUT2D eigenvalue weighted by atomic mass is 10.1. The molecule has 1 saturated carbocycles. The number of hydrogen-bond donors (Lipinski definition) is 2. The van der Waals surface area contributed by atoms with E-state index in [9.17, 15) is 9.59 Å². The third kappa shape index (κ3) is 4.29. The van der Waals surface area contributed by atoms with Crippen molar-refractivity contribution in [2.75, 3.05) is 13.7 Å². The molecule has 0 aromatic heterocycles. The lowest BCUT2D eigenvalue weighted by Gasteiger charge is -2.10. The van der Waals surface area contributed by atoms with Crippen LogP contribution >= 0.6 is 0 Å². The first-order chi connectivity index (χ1) is 7.24. The second-order valence-electron chi connectivity index (χ2n) is 3.76. The molecule has 5 heteroatoms. The lowest BCUT2D eigenvalue weighted by Crippen LogP contribution is -2.44. The van der Waals surface area contributed by atoms with Gasteiger partial charge < -0.3 is 4.74 Å². The highest BCUT2D eigenvalue weighted by molar-refractivity contribution is 5.83. The molecule has 1 fully saturated rings. The molecule has 0 spiro atoms. The average Bonchev–Trinajstić information content (AvgIpc) is 2.76. The van der Waals surface area contributed by atoms with E-state index < -0.39 is 0 Å². The average molecular weight is 214 g/mol. The molecule has 0 aliphatic heterocycles. The molecule has 0 unspecified atom stereocenters. The van der Waals surface area contributed by atoms with Crippen LogP contribution in [0.5, 0.6) is 0 Å². The Morgan fingerprint density at radius 1 is 1.27 bits per heavy atom. The Hall–Kier alpha value is -1.10. The second-order valence-corrected chi connectivity index (χ2v) is 3.76. The van der Waals surface area contributed by atoms with Crippen LogP contribution < -0.4 is 10.9 Å². The first-order valence-electron chi connectivity index (χ1n) is 5.31. The Labute approximate surface area is 89.5 Å². The van der Waals surface area contributed by atoms with Gasteiger partial charge in [0.05, 0.1) is 13.0 Å². The molecule has 0 aromatic carbocycles. The van der Waals surface area contributed by atoms with Crippen molar-refractivity contribution in [3.8, 4) is 0 Å². The summed E-state index contributed by atoms with van der Waals surface area (Å²) in [6.45, 7) is 0.366. The highest BCUT2D eigenvalue weighted by atomic mass is 16.5. The first kappa shape index (κ1) is 12.0. The predicted octanol–water partition coefficient (Wildman–Crippen LogP) is 0.360. The van der Waals surface area contributed by atoms with Gasteiger partial charge in [0, 0.05) is 13.0 Å². The zero-order valence-electron chi connectivity index (χ0n) is 9.04. The number of rotatable bonds is 4. The Balaban J connectivity index is 2.12. The van der Waals surface area contributed by atoms with Crippen molar-refractivity contribution in [3.05, 3.63) is 0 Å². The number of amides is 2. The molecule has 5 nitrogen and oxygen atoms in total. The van der Waals surface area contributed by atoms with E-state index in [1.165, 1.54) is 7.11 Å². The maximum Gasteiger partial charge on any atom is 0.241 e. The van der Waals surface area contributed by atoms with Crippen molar-refractivity contribution >= 4 is 11.8 Å². The number of ether oxygens (including phenoxy) is 1. The number of hydrogen-bond acceptors (Lipinski definition) is 3. The lowest BCUT2D eigenvalue weighted by molar-refractivity contribution is -0.131. The summed E-state index contributed by atoms with van der Waals surface area (Å²) in [5.41, 5.74) is 4.81. The van der Waals surface area contributed by atoms with Crippen LogP contribution in [-0.2, 0) is 14.3 Å². The topological polar surface area (TPSA) is 67.4 Å². The second kappa shape index (κ2) is 6.40. The molecular weight excluding hydrogens is 196 g/mol. The number of nitrogens with one attached hydrogen (secondary N) is 2. The Morgan fingerprint density at radius 3 is 2.53 bits per heavy atom. The first-order valence-corrected chi connectivity index (χ1v) is 5.31. The molecule has 2 amide bonds. The van der Waals surface area contributed by atoms with Crippen molar-refractivity contribution < 1.29 is 14.3 Å². The van der Waals surface area contributed by atoms with Gasteiger partial charge in [0.2, 0.25) is 11.8 Å². The minimum Gasteiger partial charge on any atom is -0.384 e. The van der Waals surface area contributed by atoms with Gasteiger partial charge in [-0.15, -0.1) is 0 Å². The van der Waals surface area contributed by atoms with Gasteiger partial charge in [-0.05, 0) is 12.8 Å². The summed E-state index contributed by atoms with van der Waals surface area (Å²) < 4.78 is 4.75. The fourth-order valence-corrected chi connectivity index (χ4v) is 1.68. The normalized spacial score (nSPS) is 16.3. The maximum atomic E-state index is 11.5. The SMILES string of the molecule is COCCC(=O)NNC(=O)C1CCCC1. The van der Waals surface area contributed by atoms with Crippen molar-refractivity contribution in [2.24, 2.45) is 5.92 Å². The summed E-state index contributed by atoms with van der Waals surface area (Å²) in [5.74, 6) is -0.214. The van der Waals surface area contributed by atoms with Crippen molar-refractivity contribution in [1.82, 2.24) is 10.9 Å². The molecule has 0 bridgehead atoms. The molecule has 0 radical (unpaired) electrons. The molecule has 86 valence electrons. The summed E-state index contributed by atoms with van der Waals surface area (Å²) in [5, 5.41) is 0. The minimum atomic E-state index is -0.219. The van der Waals surface area contributed by atoms with Crippen LogP contribution in [-0.4, -0.2) is 25.5 Å². The Morgan fingerprint density at radius 2 is 1.93 bits per heavy atom. The van der Waals surface area contributed by atoms with E-state index in [4.69, 9.17) is 4.74 Å². The molecule has 2 N–H and O–H groups in total. The van der Waals surface area contributed by atoms with Gasteiger partial charge in [0.15, 0.2) is 0 Å². The van der Waals surface area contributed by atoms with E-state index >= 15 is 0 Å². The van der Waals surface area contributed by atoms with Gasteiger partial charge in [0.1, 0.15) is 0 Å². The monoisotopic (exact) mass is 214 g/mol. The van der Waals surface area contributed by atoms with E-state index in [-0.39, 0.29) is 24.2 Å². The van der Waals surface area contributed by atoms with Gasteiger partial charge in [-0.25, -0.2) is 0 Å². The summed E-state index contributed by atoms with van der Waals surface area (Å²) in [6.07, 6.45) is 4.34. The van der Waals surface area contributed by atoms with Gasteiger partial charge in [0.25, 0.3) is 0 Å². The number of carbonyl (C=O) groups excluding carboxylic acids is 2. The number of methoxy groups -OCH3 is 1. The minimum absolute atomic E-state index is 0.0710. The van der Waals surface area contributed by atoms with Crippen LogP contribution in [0, 0.1) is 5.92 Å². The van der Waals surface area contributed by atoms with Crippen molar-refractivity contribution in [1.29, 1.82) is 0 Å². The number of carbonyl (C=O) groups is 2. The van der Waals surface area contributed by atoms with E-state index in [2.05, 4.69) is 10.9 Å². The molecule has 1 aliphatic carbocycles. The molecule has 0 aromatic rings. The van der Waals surface area contributed by atoms with Crippen LogP contribution in [0.25, 0.3) is 0 Å². The molecule has 15 heavy (non-hydrogen) atoms. The zero-order valence-corrected chi connectivity index (χ0v) is 9.04. The highest BCUT2D eigenvalue weighted by Crippen LogP contribution is 2.24. The van der Waals surface area contributed by atoms with Crippen molar-refractivity contribution in [2.45, 2.75) is 32.1 Å². The van der Waals surface area contributed by atoms with Crippen LogP contribution in [0.2, 0.25) is 0 Å². The van der Waals surface area contributed by atoms with Crippen molar-refractivity contribution in [3.63, 3.8) is 0 Å². The van der Waals surface area contributed by atoms with E-state index in [0.29, 0.717) is 6.61 Å². The fourth-order valence-electron chi connectivity index (χ4n) is 1.68. The van der Waals surface area contributed by atoms with E-state index in [1.54, 1.807) is 0 Å². The Bertz CT molecular complexity index is 225. The quantitative estimate of drug-likeness (QED) is 0.664. The van der Waals surface area contributed by atoms with Gasteiger partial charge in [-0.1, -0.05) is 12.8 Å². The van der Waals surface area contributed by atoms with E-state index in [1.807, 2.05) is 0 Å². The largest absolute Gasteiger partial charge is 0.384 e. The highest BCUT2D eigenvalue weighted by Gasteiger charge is 2.22. The van der Waals surface area contributed by atoms with Crippen LogP contribution in [0.1, 0.15) is 32.1 Å². The van der Waals surface area contributed by atoms with Gasteiger partial charge in [-0.3, -0.25) is 20.4 Å². The zero-order chi connectivity index (χ0) is 11.1. The molecule has 0 atom stereocenters. The molecule has 1 aliphatic rings. The smallest absolute Gasteiger partial charge is 0.241 e. The fraction of sp³-hybridized carbons (Fsp3) is 0.800. The third-order valence-corrected chi connectivity index (χ3v) is 2.58. The maximum absolute atomic E-state index is 11.5. The summed E-state index contributed by atoms with van der Waals surface area (Å²) in [6, 6.07) is 0. The molecule has 0 heterocycles. The summed E-state index contributed by atoms with van der Waals surface area (Å²) in [4.78, 5) is 22.6. The molecular formula is C10H18N2O3. The van der Waals surface area contributed by atoms with Gasteiger partial charge >= 0.3 is 0 Å². The molecule has 0 saturated heterocycles. The predicted molar refractivity (Wildman–Crippen MR) is 54.7 cm³/mol. The van der Waals surface area contributed by atoms with Crippen LogP contribution in [0.4, 0.5) is 0 Å². The summed E-state index contributed by atoms with van der Waals surface area (Å²) >= 11 is 0. The standard InChI is InChI=1S/C10H18N2O3/c1-15-7-6-9(13)11-12-10(14)8-4-2-3-5-8/h8H,2-7H2,1H3,(H,11,13)(H,12,14). The summed E-state index contributed by atoms with van der Waals surface area (Å²) in [7, 11) is 1.53. The molecule has 1 rings (SSSR count).